The van der Waals surface area contributed by atoms with Crippen molar-refractivity contribution in [1.82, 2.24) is 0 Å². The van der Waals surface area contributed by atoms with E-state index in [1.165, 1.54) is 0 Å². The first-order valence-electron chi connectivity index (χ1n) is 8.20. The number of carboxylic acids is 1. The predicted octanol–water partition coefficient (Wildman–Crippen LogP) is 3.01. The standard InChI is InChI=1S/C13H18O4.C7H6O2/c1-10(8-14)16-9-11(2)17-13(15)12-6-4-3-5-7-12;8-7(9)6-4-2-1-3-5-6/h3-7,10-11,14H,8-9H2,1-2H3;1-5H,(H,8,9). The number of aliphatic hydroxyl groups excluding tert-OH is 1. The van der Waals surface area contributed by atoms with Gasteiger partial charge in [0.05, 0.1) is 30.4 Å². The van der Waals surface area contributed by atoms with Crippen LogP contribution < -0.4 is 0 Å². The molecule has 2 aromatic carbocycles. The monoisotopic (exact) mass is 360 g/mol. The molecule has 26 heavy (non-hydrogen) atoms. The highest BCUT2D eigenvalue weighted by molar-refractivity contribution is 5.89. The number of ether oxygens (including phenoxy) is 2. The van der Waals surface area contributed by atoms with E-state index in [-0.39, 0.29) is 31.4 Å². The Kier molecular flexibility index (Phi) is 9.67. The zero-order valence-corrected chi connectivity index (χ0v) is 14.9. The summed E-state index contributed by atoms with van der Waals surface area (Å²) in [7, 11) is 0. The molecule has 0 aliphatic rings. The van der Waals surface area contributed by atoms with E-state index in [0.717, 1.165) is 0 Å². The molecule has 0 saturated carbocycles. The van der Waals surface area contributed by atoms with E-state index in [0.29, 0.717) is 11.1 Å². The van der Waals surface area contributed by atoms with Crippen LogP contribution in [-0.2, 0) is 9.47 Å². The van der Waals surface area contributed by atoms with Crippen LogP contribution in [0, 0.1) is 0 Å². The molecule has 6 nitrogen and oxygen atoms in total. The van der Waals surface area contributed by atoms with E-state index in [1.807, 2.05) is 6.07 Å². The van der Waals surface area contributed by atoms with Crippen molar-refractivity contribution in [2.45, 2.75) is 26.1 Å². The molecular formula is C20H24O6. The summed E-state index contributed by atoms with van der Waals surface area (Å²) in [4.78, 5) is 21.8. The van der Waals surface area contributed by atoms with E-state index in [4.69, 9.17) is 19.7 Å². The van der Waals surface area contributed by atoms with Crippen molar-refractivity contribution in [3.05, 3.63) is 71.8 Å². The van der Waals surface area contributed by atoms with E-state index >= 15 is 0 Å². The Balaban J connectivity index is 0.000000314. The van der Waals surface area contributed by atoms with Gasteiger partial charge in [-0.2, -0.15) is 0 Å². The Morgan fingerprint density at radius 1 is 0.885 bits per heavy atom. The van der Waals surface area contributed by atoms with E-state index in [9.17, 15) is 9.59 Å². The Morgan fingerprint density at radius 2 is 1.38 bits per heavy atom. The molecule has 0 saturated heterocycles. The molecular weight excluding hydrogens is 336 g/mol. The minimum Gasteiger partial charge on any atom is -0.478 e. The summed E-state index contributed by atoms with van der Waals surface area (Å²) in [5.74, 6) is -1.24. The van der Waals surface area contributed by atoms with Crippen LogP contribution in [0.25, 0.3) is 0 Å². The van der Waals surface area contributed by atoms with Crippen LogP contribution in [0.15, 0.2) is 60.7 Å². The molecule has 0 aliphatic carbocycles. The van der Waals surface area contributed by atoms with Gasteiger partial charge in [-0.25, -0.2) is 9.59 Å². The summed E-state index contributed by atoms with van der Waals surface area (Å²) < 4.78 is 10.4. The lowest BCUT2D eigenvalue weighted by molar-refractivity contribution is -0.0320. The Hall–Kier alpha value is -2.70. The van der Waals surface area contributed by atoms with Gasteiger partial charge in [0.15, 0.2) is 0 Å². The predicted molar refractivity (Wildman–Crippen MR) is 97.2 cm³/mol. The van der Waals surface area contributed by atoms with Gasteiger partial charge in [0.25, 0.3) is 0 Å². The van der Waals surface area contributed by atoms with Crippen LogP contribution in [0.4, 0.5) is 0 Å². The molecule has 2 rings (SSSR count). The average Bonchev–Trinajstić information content (AvgIpc) is 2.68. The number of rotatable bonds is 7. The molecule has 0 spiro atoms. The molecule has 0 amide bonds. The maximum atomic E-state index is 11.6. The van der Waals surface area contributed by atoms with Crippen molar-refractivity contribution < 1.29 is 29.3 Å². The number of aliphatic hydroxyl groups is 1. The molecule has 0 aliphatic heterocycles. The SMILES string of the molecule is CC(CO)OCC(C)OC(=O)c1ccccc1.O=C(O)c1ccccc1. The van der Waals surface area contributed by atoms with Gasteiger partial charge in [0, 0.05) is 0 Å². The fourth-order valence-corrected chi connectivity index (χ4v) is 1.79. The maximum absolute atomic E-state index is 11.6. The normalized spacial score (nSPS) is 12.3. The summed E-state index contributed by atoms with van der Waals surface area (Å²) in [6.45, 7) is 3.75. The molecule has 0 bridgehead atoms. The lowest BCUT2D eigenvalue weighted by Crippen LogP contribution is -2.24. The molecule has 6 heteroatoms. The fraction of sp³-hybridized carbons (Fsp3) is 0.300. The number of esters is 1. The van der Waals surface area contributed by atoms with Crippen LogP contribution in [0.5, 0.6) is 0 Å². The van der Waals surface area contributed by atoms with E-state index < -0.39 is 5.97 Å². The van der Waals surface area contributed by atoms with Gasteiger partial charge >= 0.3 is 11.9 Å². The molecule has 0 heterocycles. The van der Waals surface area contributed by atoms with Gasteiger partial charge in [-0.05, 0) is 38.1 Å². The molecule has 2 N–H and O–H groups in total. The van der Waals surface area contributed by atoms with Crippen LogP contribution in [0.2, 0.25) is 0 Å². The first-order chi connectivity index (χ1) is 12.4. The highest BCUT2D eigenvalue weighted by Gasteiger charge is 2.12. The van der Waals surface area contributed by atoms with Gasteiger partial charge in [-0.15, -0.1) is 0 Å². The van der Waals surface area contributed by atoms with E-state index in [1.54, 1.807) is 68.4 Å². The molecule has 0 aromatic heterocycles. The highest BCUT2D eigenvalue weighted by Crippen LogP contribution is 2.04. The second kappa shape index (κ2) is 11.8. The third-order valence-electron chi connectivity index (χ3n) is 3.21. The van der Waals surface area contributed by atoms with Crippen LogP contribution in [-0.4, -0.2) is 47.6 Å². The van der Waals surface area contributed by atoms with Gasteiger partial charge < -0.3 is 19.7 Å². The van der Waals surface area contributed by atoms with Crippen LogP contribution in [0.3, 0.4) is 0 Å². The van der Waals surface area contributed by atoms with Crippen molar-refractivity contribution in [3.63, 3.8) is 0 Å². The number of benzene rings is 2. The second-order valence-electron chi connectivity index (χ2n) is 5.58. The molecule has 0 fully saturated rings. The molecule has 2 unspecified atom stereocenters. The number of carboxylic acid groups (broad SMARTS) is 1. The third-order valence-corrected chi connectivity index (χ3v) is 3.21. The van der Waals surface area contributed by atoms with Gasteiger partial charge in [-0.1, -0.05) is 36.4 Å². The molecule has 2 atom stereocenters. The van der Waals surface area contributed by atoms with Crippen molar-refractivity contribution in [1.29, 1.82) is 0 Å². The zero-order chi connectivity index (χ0) is 19.4. The summed E-state index contributed by atoms with van der Waals surface area (Å²) >= 11 is 0. The first kappa shape index (κ1) is 21.3. The van der Waals surface area contributed by atoms with Crippen LogP contribution >= 0.6 is 0 Å². The summed E-state index contributed by atoms with van der Waals surface area (Å²) in [6.07, 6.45) is -0.579. The number of hydrogen-bond acceptors (Lipinski definition) is 5. The first-order valence-corrected chi connectivity index (χ1v) is 8.20. The smallest absolute Gasteiger partial charge is 0.338 e. The average molecular weight is 360 g/mol. The lowest BCUT2D eigenvalue weighted by atomic mass is 10.2. The number of carbonyl (C=O) groups is 2. The molecule has 2 aromatic rings. The number of carbonyl (C=O) groups excluding carboxylic acids is 1. The van der Waals surface area contributed by atoms with Crippen molar-refractivity contribution in [3.8, 4) is 0 Å². The van der Waals surface area contributed by atoms with Crippen molar-refractivity contribution in [2.75, 3.05) is 13.2 Å². The van der Waals surface area contributed by atoms with Gasteiger partial charge in [0.2, 0.25) is 0 Å². The number of aromatic carboxylic acids is 1. The van der Waals surface area contributed by atoms with Gasteiger partial charge in [-0.3, -0.25) is 0 Å². The van der Waals surface area contributed by atoms with Crippen LogP contribution in [0.1, 0.15) is 34.6 Å². The summed E-state index contributed by atoms with van der Waals surface area (Å²) in [6, 6.07) is 17.1. The van der Waals surface area contributed by atoms with Crippen molar-refractivity contribution in [2.24, 2.45) is 0 Å². The van der Waals surface area contributed by atoms with Gasteiger partial charge in [0.1, 0.15) is 6.10 Å². The largest absolute Gasteiger partial charge is 0.478 e. The molecule has 0 radical (unpaired) electrons. The highest BCUT2D eigenvalue weighted by atomic mass is 16.6. The topological polar surface area (TPSA) is 93.1 Å². The van der Waals surface area contributed by atoms with E-state index in [2.05, 4.69) is 0 Å². The quantitative estimate of drug-likeness (QED) is 0.737. The number of hydrogen-bond donors (Lipinski definition) is 2. The zero-order valence-electron chi connectivity index (χ0n) is 14.9. The Morgan fingerprint density at radius 3 is 1.81 bits per heavy atom. The Bertz CT molecular complexity index is 657. The fourth-order valence-electron chi connectivity index (χ4n) is 1.79. The van der Waals surface area contributed by atoms with Crippen molar-refractivity contribution >= 4 is 11.9 Å². The lowest BCUT2D eigenvalue weighted by Gasteiger charge is -2.16. The minimum absolute atomic E-state index is 0.0423. The Labute approximate surface area is 153 Å². The molecule has 140 valence electrons. The summed E-state index contributed by atoms with van der Waals surface area (Å²) in [5.41, 5.74) is 0.854. The third kappa shape index (κ3) is 8.41. The second-order valence-corrected chi connectivity index (χ2v) is 5.58. The summed E-state index contributed by atoms with van der Waals surface area (Å²) in [5, 5.41) is 17.2. The maximum Gasteiger partial charge on any atom is 0.338 e. The minimum atomic E-state index is -0.879.